The summed E-state index contributed by atoms with van der Waals surface area (Å²) in [7, 11) is 0. The maximum atomic E-state index is 11.1. The fourth-order valence-electron chi connectivity index (χ4n) is 0.477. The van der Waals surface area contributed by atoms with Gasteiger partial charge in [-0.1, -0.05) is 13.0 Å². The zero-order valence-corrected chi connectivity index (χ0v) is 7.68. The Labute approximate surface area is 68.2 Å². The Morgan fingerprint density at radius 3 is 2.55 bits per heavy atom. The third-order valence-electron chi connectivity index (χ3n) is 1.64. The molecule has 0 aromatic carbocycles. The molecule has 0 unspecified atom stereocenters. The molecule has 0 rings (SSSR count). The summed E-state index contributed by atoms with van der Waals surface area (Å²) in [5, 5.41) is 0. The van der Waals surface area contributed by atoms with Crippen LogP contribution in [0.5, 0.6) is 0 Å². The molecule has 0 aliphatic rings. The van der Waals surface area contributed by atoms with Gasteiger partial charge in [0.15, 0.2) is 0 Å². The van der Waals surface area contributed by atoms with Gasteiger partial charge in [-0.3, -0.25) is 0 Å². The summed E-state index contributed by atoms with van der Waals surface area (Å²) < 4.78 is 5.04. The van der Waals surface area contributed by atoms with Crippen LogP contribution in [0.4, 0.5) is 0 Å². The quantitative estimate of drug-likeness (QED) is 0.463. The van der Waals surface area contributed by atoms with Crippen LogP contribution >= 0.6 is 0 Å². The molecule has 0 spiro atoms. The fraction of sp³-hybridized carbons (Fsp3) is 0.667. The van der Waals surface area contributed by atoms with E-state index in [1.807, 2.05) is 20.8 Å². The van der Waals surface area contributed by atoms with Gasteiger partial charge in [0, 0.05) is 5.57 Å². The summed E-state index contributed by atoms with van der Waals surface area (Å²) in [6, 6.07) is 0. The molecule has 0 bridgehead atoms. The van der Waals surface area contributed by atoms with Gasteiger partial charge in [-0.05, 0) is 27.2 Å². The molecule has 0 heterocycles. The van der Waals surface area contributed by atoms with E-state index in [1.54, 1.807) is 13.0 Å². The molecule has 1 atom stereocenters. The topological polar surface area (TPSA) is 26.3 Å². The van der Waals surface area contributed by atoms with E-state index in [4.69, 9.17) is 4.74 Å². The van der Waals surface area contributed by atoms with Gasteiger partial charge in [-0.15, -0.1) is 0 Å². The van der Waals surface area contributed by atoms with Gasteiger partial charge in [0.1, 0.15) is 0 Å². The SMILES string of the molecule is C/C=C(\C)C(=O)O[C@@H](C)CC. The normalized spacial score (nSPS) is 14.4. The highest BCUT2D eigenvalue weighted by atomic mass is 16.5. The number of carbonyl (C=O) groups is 1. The number of esters is 1. The van der Waals surface area contributed by atoms with Crippen molar-refractivity contribution >= 4 is 5.97 Å². The first-order chi connectivity index (χ1) is 5.11. The molecule has 64 valence electrons. The van der Waals surface area contributed by atoms with Crippen molar-refractivity contribution in [1.29, 1.82) is 0 Å². The second kappa shape index (κ2) is 4.94. The van der Waals surface area contributed by atoms with Crippen LogP contribution in [0.15, 0.2) is 11.6 Å². The molecule has 0 aromatic heterocycles. The summed E-state index contributed by atoms with van der Waals surface area (Å²) in [4.78, 5) is 11.1. The van der Waals surface area contributed by atoms with Crippen molar-refractivity contribution in [3.63, 3.8) is 0 Å². The van der Waals surface area contributed by atoms with E-state index < -0.39 is 0 Å². The highest BCUT2D eigenvalue weighted by molar-refractivity contribution is 5.87. The van der Waals surface area contributed by atoms with Gasteiger partial charge >= 0.3 is 5.97 Å². The van der Waals surface area contributed by atoms with Crippen molar-refractivity contribution in [2.24, 2.45) is 0 Å². The molecule has 0 saturated carbocycles. The van der Waals surface area contributed by atoms with Gasteiger partial charge in [0.05, 0.1) is 6.10 Å². The maximum Gasteiger partial charge on any atom is 0.333 e. The van der Waals surface area contributed by atoms with Crippen molar-refractivity contribution in [2.45, 2.75) is 40.2 Å². The lowest BCUT2D eigenvalue weighted by atomic mass is 10.3. The number of allylic oxidation sites excluding steroid dienone is 1. The molecule has 0 amide bonds. The van der Waals surface area contributed by atoms with Crippen LogP contribution in [0.1, 0.15) is 34.1 Å². The highest BCUT2D eigenvalue weighted by Gasteiger charge is 2.07. The zero-order chi connectivity index (χ0) is 8.85. The van der Waals surface area contributed by atoms with Crippen LogP contribution < -0.4 is 0 Å². The van der Waals surface area contributed by atoms with Gasteiger partial charge in [-0.25, -0.2) is 4.79 Å². The van der Waals surface area contributed by atoms with Crippen LogP contribution in [0, 0.1) is 0 Å². The minimum absolute atomic E-state index is 0.0254. The molecule has 0 N–H and O–H groups in total. The standard InChI is InChI=1S/C9H16O2/c1-5-7(3)9(10)11-8(4)6-2/h5,8H,6H2,1-4H3/b7-5+/t8-/m0/s1. The van der Waals surface area contributed by atoms with Crippen molar-refractivity contribution in [3.05, 3.63) is 11.6 Å². The Morgan fingerprint density at radius 2 is 2.18 bits per heavy atom. The van der Waals surface area contributed by atoms with Crippen LogP contribution in [-0.4, -0.2) is 12.1 Å². The average Bonchev–Trinajstić information content (AvgIpc) is 2.02. The third-order valence-corrected chi connectivity index (χ3v) is 1.64. The molecule has 11 heavy (non-hydrogen) atoms. The molecule has 0 aliphatic heterocycles. The van der Waals surface area contributed by atoms with Crippen molar-refractivity contribution in [1.82, 2.24) is 0 Å². The fourth-order valence-corrected chi connectivity index (χ4v) is 0.477. The number of carbonyl (C=O) groups excluding carboxylic acids is 1. The molecule has 0 saturated heterocycles. The second-order valence-corrected chi connectivity index (χ2v) is 2.60. The van der Waals surface area contributed by atoms with Crippen molar-refractivity contribution in [2.75, 3.05) is 0 Å². The molecule has 2 heteroatoms. The number of ether oxygens (including phenoxy) is 1. The first kappa shape index (κ1) is 10.2. The second-order valence-electron chi connectivity index (χ2n) is 2.60. The van der Waals surface area contributed by atoms with Gasteiger partial charge < -0.3 is 4.74 Å². The van der Waals surface area contributed by atoms with Crippen LogP contribution in [-0.2, 0) is 9.53 Å². The summed E-state index contributed by atoms with van der Waals surface area (Å²) in [6.45, 7) is 7.46. The maximum absolute atomic E-state index is 11.1. The monoisotopic (exact) mass is 156 g/mol. The van der Waals surface area contributed by atoms with Crippen LogP contribution in [0.2, 0.25) is 0 Å². The lowest BCUT2D eigenvalue weighted by Crippen LogP contribution is -2.14. The van der Waals surface area contributed by atoms with E-state index in [0.29, 0.717) is 5.57 Å². The lowest BCUT2D eigenvalue weighted by molar-refractivity contribution is -0.143. The first-order valence-electron chi connectivity index (χ1n) is 3.95. The Balaban J connectivity index is 3.88. The Hall–Kier alpha value is -0.790. The van der Waals surface area contributed by atoms with Gasteiger partial charge in [0.2, 0.25) is 0 Å². The minimum Gasteiger partial charge on any atom is -0.459 e. The number of hydrogen-bond donors (Lipinski definition) is 0. The van der Waals surface area contributed by atoms with Crippen LogP contribution in [0.25, 0.3) is 0 Å². The highest BCUT2D eigenvalue weighted by Crippen LogP contribution is 2.02. The molecule has 2 nitrogen and oxygen atoms in total. The number of hydrogen-bond acceptors (Lipinski definition) is 2. The van der Waals surface area contributed by atoms with E-state index in [1.165, 1.54) is 0 Å². The van der Waals surface area contributed by atoms with Gasteiger partial charge in [-0.2, -0.15) is 0 Å². The molecular formula is C9H16O2. The number of rotatable bonds is 3. The summed E-state index contributed by atoms with van der Waals surface area (Å²) in [6.07, 6.45) is 2.64. The van der Waals surface area contributed by atoms with Crippen LogP contribution in [0.3, 0.4) is 0 Å². The molecular weight excluding hydrogens is 140 g/mol. The van der Waals surface area contributed by atoms with Gasteiger partial charge in [0.25, 0.3) is 0 Å². The van der Waals surface area contributed by atoms with E-state index in [9.17, 15) is 4.79 Å². The summed E-state index contributed by atoms with van der Waals surface area (Å²) in [5.41, 5.74) is 0.672. The van der Waals surface area contributed by atoms with Crippen molar-refractivity contribution in [3.8, 4) is 0 Å². The Kier molecular flexibility index (Phi) is 4.59. The zero-order valence-electron chi connectivity index (χ0n) is 7.68. The summed E-state index contributed by atoms with van der Waals surface area (Å²) >= 11 is 0. The predicted molar refractivity (Wildman–Crippen MR) is 45.3 cm³/mol. The molecule has 0 radical (unpaired) electrons. The average molecular weight is 156 g/mol. The lowest BCUT2D eigenvalue weighted by Gasteiger charge is -2.10. The smallest absolute Gasteiger partial charge is 0.333 e. The molecule has 0 fully saturated rings. The summed E-state index contributed by atoms with van der Waals surface area (Å²) in [5.74, 6) is -0.207. The van der Waals surface area contributed by atoms with E-state index >= 15 is 0 Å². The molecule has 0 aromatic rings. The van der Waals surface area contributed by atoms with Crippen molar-refractivity contribution < 1.29 is 9.53 Å². The van der Waals surface area contributed by atoms with E-state index in [2.05, 4.69) is 0 Å². The van der Waals surface area contributed by atoms with E-state index in [-0.39, 0.29) is 12.1 Å². The predicted octanol–water partition coefficient (Wildman–Crippen LogP) is 2.29. The largest absolute Gasteiger partial charge is 0.459 e. The Bertz CT molecular complexity index is 159. The third kappa shape index (κ3) is 3.81. The molecule has 0 aliphatic carbocycles. The Morgan fingerprint density at radius 1 is 1.64 bits per heavy atom. The van der Waals surface area contributed by atoms with E-state index in [0.717, 1.165) is 6.42 Å². The first-order valence-corrected chi connectivity index (χ1v) is 3.95. The minimum atomic E-state index is -0.207.